The van der Waals surface area contributed by atoms with Crippen LogP contribution in [0.5, 0.6) is 0 Å². The van der Waals surface area contributed by atoms with Gasteiger partial charge in [-0.05, 0) is 42.7 Å². The van der Waals surface area contributed by atoms with Gasteiger partial charge in [-0.2, -0.15) is 18.9 Å². The largest absolute Gasteiger partial charge is 0.335 e. The SMILES string of the molecule is CC1(F)CN(C(=O)c2cc3c(n2C(F)F)CN(c2ncnc(Nc4ccc(-c5cn[nH]c5)cc4)n2)CC3)C1. The van der Waals surface area contributed by atoms with Crippen LogP contribution in [0.4, 0.5) is 30.8 Å². The Balaban J connectivity index is 1.20. The third kappa shape index (κ3) is 4.44. The summed E-state index contributed by atoms with van der Waals surface area (Å²) in [6.45, 7) is -1.18. The Labute approximate surface area is 215 Å². The number of fused-ring (bicyclic) bond motifs is 1. The van der Waals surface area contributed by atoms with Crippen LogP contribution >= 0.6 is 0 Å². The minimum atomic E-state index is -2.92. The van der Waals surface area contributed by atoms with E-state index in [0.29, 0.717) is 36.1 Å². The molecule has 0 saturated carbocycles. The van der Waals surface area contributed by atoms with Crippen LogP contribution in [0.2, 0.25) is 0 Å². The predicted octanol–water partition coefficient (Wildman–Crippen LogP) is 3.95. The lowest BCUT2D eigenvalue weighted by molar-refractivity contribution is -0.0103. The number of alkyl halides is 3. The number of rotatable bonds is 6. The molecule has 2 N–H and O–H groups in total. The van der Waals surface area contributed by atoms with Gasteiger partial charge in [-0.3, -0.25) is 14.5 Å². The fourth-order valence-corrected chi connectivity index (χ4v) is 4.93. The molecule has 0 unspecified atom stereocenters. The lowest BCUT2D eigenvalue weighted by atomic mass is 9.98. The number of hydrogen-bond donors (Lipinski definition) is 2. The Kier molecular flexibility index (Phi) is 5.77. The van der Waals surface area contributed by atoms with Crippen LogP contribution < -0.4 is 10.2 Å². The van der Waals surface area contributed by atoms with Crippen LogP contribution in [0.3, 0.4) is 0 Å². The molecule has 0 atom stereocenters. The molecule has 1 fully saturated rings. The average Bonchev–Trinajstić information content (AvgIpc) is 3.55. The molecule has 2 aliphatic rings. The van der Waals surface area contributed by atoms with E-state index in [1.807, 2.05) is 24.3 Å². The Morgan fingerprint density at radius 1 is 1.16 bits per heavy atom. The van der Waals surface area contributed by atoms with Crippen molar-refractivity contribution in [1.29, 1.82) is 0 Å². The number of halogens is 3. The van der Waals surface area contributed by atoms with Gasteiger partial charge >= 0.3 is 6.55 Å². The van der Waals surface area contributed by atoms with Gasteiger partial charge in [0.05, 0.1) is 25.8 Å². The lowest BCUT2D eigenvalue weighted by Gasteiger charge is -2.42. The number of aromatic amines is 1. The van der Waals surface area contributed by atoms with Crippen LogP contribution in [0.25, 0.3) is 11.1 Å². The molecule has 0 bridgehead atoms. The molecular formula is C25H24F3N9O. The standard InChI is InChI=1S/C25H24F3N9O/c1-25(28)12-36(13-25)21(38)19-8-16-6-7-35(11-20(16)37(19)22(26)27)24-30-14-29-23(34-24)33-18-4-2-15(3-5-18)17-9-31-32-10-17/h2-5,8-10,14,22H,6-7,11-13H2,1H3,(H,31,32)(H,29,30,33,34). The van der Waals surface area contributed by atoms with Crippen molar-refractivity contribution in [3.05, 3.63) is 66.0 Å². The van der Waals surface area contributed by atoms with Crippen molar-refractivity contribution < 1.29 is 18.0 Å². The Hall–Kier alpha value is -4.42. The van der Waals surface area contributed by atoms with Gasteiger partial charge in [0.25, 0.3) is 5.91 Å². The number of hydrogen-bond acceptors (Lipinski definition) is 7. The number of carbonyl (C=O) groups is 1. The van der Waals surface area contributed by atoms with Gasteiger partial charge in [0.15, 0.2) is 0 Å². The number of anilines is 3. The van der Waals surface area contributed by atoms with Crippen LogP contribution in [0.15, 0.2) is 49.1 Å². The molecule has 0 aliphatic carbocycles. The molecule has 0 radical (unpaired) electrons. The Bertz CT molecular complexity index is 1460. The third-order valence-corrected chi connectivity index (χ3v) is 6.78. The summed E-state index contributed by atoms with van der Waals surface area (Å²) in [4.78, 5) is 28.8. The summed E-state index contributed by atoms with van der Waals surface area (Å²) in [5.41, 5.74) is 2.10. The number of amides is 1. The van der Waals surface area contributed by atoms with E-state index in [1.54, 1.807) is 17.3 Å². The second-order valence-corrected chi connectivity index (χ2v) is 9.69. The summed E-state index contributed by atoms with van der Waals surface area (Å²) in [5, 5.41) is 9.87. The van der Waals surface area contributed by atoms with Gasteiger partial charge in [0.1, 0.15) is 17.7 Å². The average molecular weight is 524 g/mol. The van der Waals surface area contributed by atoms with Crippen LogP contribution in [0, 0.1) is 0 Å². The minimum Gasteiger partial charge on any atom is -0.335 e. The molecule has 196 valence electrons. The van der Waals surface area contributed by atoms with Crippen molar-refractivity contribution >= 4 is 23.5 Å². The summed E-state index contributed by atoms with van der Waals surface area (Å²) < 4.78 is 43.0. The summed E-state index contributed by atoms with van der Waals surface area (Å²) >= 11 is 0. The maximum absolute atomic E-state index is 14.1. The molecule has 10 nitrogen and oxygen atoms in total. The fraction of sp³-hybridized carbons (Fsp3) is 0.320. The summed E-state index contributed by atoms with van der Waals surface area (Å²) in [5.74, 6) is 0.0461. The van der Waals surface area contributed by atoms with Gasteiger partial charge in [-0.25, -0.2) is 14.4 Å². The number of benzene rings is 1. The molecule has 4 aromatic rings. The molecular weight excluding hydrogens is 499 g/mol. The molecule has 1 aromatic carbocycles. The minimum absolute atomic E-state index is 0.0939. The highest BCUT2D eigenvalue weighted by Crippen LogP contribution is 2.33. The molecule has 1 saturated heterocycles. The maximum atomic E-state index is 14.1. The van der Waals surface area contributed by atoms with E-state index in [-0.39, 0.29) is 25.3 Å². The monoisotopic (exact) mass is 523 g/mol. The van der Waals surface area contributed by atoms with E-state index < -0.39 is 18.1 Å². The first-order valence-corrected chi connectivity index (χ1v) is 12.1. The number of aromatic nitrogens is 6. The van der Waals surface area contributed by atoms with Crippen LogP contribution in [0.1, 0.15) is 35.2 Å². The van der Waals surface area contributed by atoms with E-state index >= 15 is 0 Å². The van der Waals surface area contributed by atoms with Gasteiger partial charge in [-0.15, -0.1) is 0 Å². The highest BCUT2D eigenvalue weighted by atomic mass is 19.3. The predicted molar refractivity (Wildman–Crippen MR) is 133 cm³/mol. The number of nitrogens with zero attached hydrogens (tertiary/aromatic N) is 7. The van der Waals surface area contributed by atoms with Gasteiger partial charge in [-0.1, -0.05) is 12.1 Å². The van der Waals surface area contributed by atoms with E-state index in [4.69, 9.17) is 0 Å². The topological polar surface area (TPSA) is 108 Å². The maximum Gasteiger partial charge on any atom is 0.319 e. The van der Waals surface area contributed by atoms with Crippen LogP contribution in [-0.2, 0) is 13.0 Å². The lowest BCUT2D eigenvalue weighted by Crippen LogP contribution is -2.59. The second-order valence-electron chi connectivity index (χ2n) is 9.69. The van der Waals surface area contributed by atoms with Crippen molar-refractivity contribution in [2.24, 2.45) is 0 Å². The zero-order chi connectivity index (χ0) is 26.4. The van der Waals surface area contributed by atoms with Crippen LogP contribution in [-0.4, -0.2) is 65.8 Å². The van der Waals surface area contributed by atoms with Crippen molar-refractivity contribution in [3.63, 3.8) is 0 Å². The Morgan fingerprint density at radius 2 is 1.95 bits per heavy atom. The summed E-state index contributed by atoms with van der Waals surface area (Å²) in [6.07, 6.45) is 5.33. The molecule has 5 heterocycles. The number of nitrogens with one attached hydrogen (secondary N) is 2. The first kappa shape index (κ1) is 23.9. The summed E-state index contributed by atoms with van der Waals surface area (Å²) in [6, 6.07) is 9.15. The number of likely N-dealkylation sites (tertiary alicyclic amines) is 1. The fourth-order valence-electron chi connectivity index (χ4n) is 4.93. The van der Waals surface area contributed by atoms with Gasteiger partial charge in [0, 0.05) is 29.7 Å². The number of carbonyl (C=O) groups excluding carboxylic acids is 1. The second kappa shape index (κ2) is 9.15. The first-order chi connectivity index (χ1) is 18.3. The third-order valence-electron chi connectivity index (χ3n) is 6.78. The first-order valence-electron chi connectivity index (χ1n) is 12.1. The quantitative estimate of drug-likeness (QED) is 0.394. The highest BCUT2D eigenvalue weighted by Gasteiger charge is 2.43. The van der Waals surface area contributed by atoms with Crippen molar-refractivity contribution in [2.45, 2.75) is 32.1 Å². The normalized spacial score (nSPS) is 16.3. The Morgan fingerprint density at radius 3 is 2.63 bits per heavy atom. The van der Waals surface area contributed by atoms with E-state index in [2.05, 4.69) is 30.5 Å². The molecule has 0 spiro atoms. The molecule has 38 heavy (non-hydrogen) atoms. The molecule has 2 aliphatic heterocycles. The van der Waals surface area contributed by atoms with Crippen molar-refractivity contribution in [2.75, 3.05) is 29.9 Å². The molecule has 6 rings (SSSR count). The zero-order valence-electron chi connectivity index (χ0n) is 20.4. The van der Waals surface area contributed by atoms with E-state index in [0.717, 1.165) is 21.4 Å². The van der Waals surface area contributed by atoms with Crippen molar-refractivity contribution in [3.8, 4) is 11.1 Å². The smallest absolute Gasteiger partial charge is 0.319 e. The van der Waals surface area contributed by atoms with E-state index in [1.165, 1.54) is 24.2 Å². The van der Waals surface area contributed by atoms with Gasteiger partial charge in [0.2, 0.25) is 11.9 Å². The zero-order valence-corrected chi connectivity index (χ0v) is 20.4. The highest BCUT2D eigenvalue weighted by molar-refractivity contribution is 5.94. The van der Waals surface area contributed by atoms with Gasteiger partial charge < -0.3 is 15.1 Å². The molecule has 1 amide bonds. The molecule has 3 aromatic heterocycles. The summed E-state index contributed by atoms with van der Waals surface area (Å²) in [7, 11) is 0. The van der Waals surface area contributed by atoms with E-state index in [9.17, 15) is 18.0 Å². The molecule has 13 heteroatoms. The van der Waals surface area contributed by atoms with Crippen molar-refractivity contribution in [1.82, 2.24) is 34.6 Å². The number of H-pyrrole nitrogens is 1.